The van der Waals surface area contributed by atoms with E-state index in [1.165, 1.54) is 7.11 Å². The Bertz CT molecular complexity index is 820. The zero-order valence-electron chi connectivity index (χ0n) is 11.6. The molecule has 5 nitrogen and oxygen atoms in total. The van der Waals surface area contributed by atoms with Crippen LogP contribution in [0, 0.1) is 0 Å². The third kappa shape index (κ3) is 3.10. The van der Waals surface area contributed by atoms with Gasteiger partial charge in [-0.15, -0.1) is 0 Å². The molecule has 1 amide bonds. The summed E-state index contributed by atoms with van der Waals surface area (Å²) in [6.45, 7) is 0. The molecule has 0 atom stereocenters. The van der Waals surface area contributed by atoms with Crippen molar-refractivity contribution >= 4 is 45.3 Å². The lowest BCUT2D eigenvalue weighted by atomic mass is 10.4. The summed E-state index contributed by atoms with van der Waals surface area (Å²) >= 11 is 5.11. The zero-order valence-corrected chi connectivity index (χ0v) is 14.0. The van der Waals surface area contributed by atoms with Gasteiger partial charge in [0.05, 0.1) is 7.11 Å². The largest absolute Gasteiger partial charge is 0.453 e. The van der Waals surface area contributed by atoms with Crippen LogP contribution >= 0.6 is 27.7 Å². The summed E-state index contributed by atoms with van der Waals surface area (Å²) in [5.41, 5.74) is 0.732. The first-order chi connectivity index (χ1) is 10.7. The Morgan fingerprint density at radius 1 is 1.23 bits per heavy atom. The summed E-state index contributed by atoms with van der Waals surface area (Å²) < 4.78 is 7.13. The number of hydrogen-bond acceptors (Lipinski definition) is 4. The third-order valence-corrected chi connectivity index (χ3v) is 4.66. The number of methoxy groups -OCH3 is 1. The molecule has 22 heavy (non-hydrogen) atoms. The molecule has 0 aliphatic heterocycles. The number of carbonyl (C=O) groups is 1. The van der Waals surface area contributed by atoms with Gasteiger partial charge >= 0.3 is 6.09 Å². The van der Waals surface area contributed by atoms with Gasteiger partial charge in [0.2, 0.25) is 0 Å². The minimum Gasteiger partial charge on any atom is -0.453 e. The quantitative estimate of drug-likeness (QED) is 0.733. The van der Waals surface area contributed by atoms with E-state index in [0.29, 0.717) is 10.4 Å². The van der Waals surface area contributed by atoms with Crippen LogP contribution in [0.25, 0.3) is 5.65 Å². The fourth-order valence-corrected chi connectivity index (χ4v) is 3.24. The van der Waals surface area contributed by atoms with Crippen LogP contribution in [0.2, 0.25) is 0 Å². The van der Waals surface area contributed by atoms with Crippen molar-refractivity contribution in [3.63, 3.8) is 0 Å². The van der Waals surface area contributed by atoms with Gasteiger partial charge in [-0.25, -0.2) is 9.78 Å². The molecular formula is C15H12BrN3O2S. The predicted octanol–water partition coefficient (Wildman–Crippen LogP) is 4.43. The Hall–Kier alpha value is -1.99. The first kappa shape index (κ1) is 14.9. The lowest BCUT2D eigenvalue weighted by Crippen LogP contribution is -2.11. The summed E-state index contributed by atoms with van der Waals surface area (Å²) in [5.74, 6) is 0.425. The molecule has 0 unspecified atom stereocenters. The molecule has 0 spiro atoms. The van der Waals surface area contributed by atoms with Gasteiger partial charge in [-0.1, -0.05) is 30.0 Å². The molecule has 3 aromatic rings. The fraction of sp³-hybridized carbons (Fsp3) is 0.0667. The highest BCUT2D eigenvalue weighted by Gasteiger charge is 2.13. The van der Waals surface area contributed by atoms with Gasteiger partial charge in [0, 0.05) is 16.0 Å². The molecule has 2 heterocycles. The maximum Gasteiger partial charge on any atom is 0.412 e. The van der Waals surface area contributed by atoms with E-state index >= 15 is 0 Å². The molecule has 7 heteroatoms. The molecule has 1 aromatic carbocycles. The maximum atomic E-state index is 11.3. The standard InChI is InChI=1S/C15H12BrN3O2S/c1-21-15(20)18-14-13(16)19-9-11(7-8-12(19)17-14)22-10-5-3-2-4-6-10/h2-9H,1H3,(H,18,20). The first-order valence-corrected chi connectivity index (χ1v) is 8.04. The first-order valence-electron chi connectivity index (χ1n) is 6.43. The third-order valence-electron chi connectivity index (χ3n) is 2.92. The lowest BCUT2D eigenvalue weighted by Gasteiger charge is -2.03. The number of anilines is 1. The Morgan fingerprint density at radius 3 is 2.73 bits per heavy atom. The fourth-order valence-electron chi connectivity index (χ4n) is 1.91. The van der Waals surface area contributed by atoms with Crippen LogP contribution in [0.4, 0.5) is 10.6 Å². The summed E-state index contributed by atoms with van der Waals surface area (Å²) in [6.07, 6.45) is 1.41. The number of fused-ring (bicyclic) bond motifs is 1. The van der Waals surface area contributed by atoms with E-state index in [-0.39, 0.29) is 0 Å². The molecule has 0 saturated carbocycles. The monoisotopic (exact) mass is 377 g/mol. The molecule has 0 fully saturated rings. The number of imidazole rings is 1. The van der Waals surface area contributed by atoms with E-state index in [2.05, 4.69) is 43.1 Å². The number of aromatic nitrogens is 2. The highest BCUT2D eigenvalue weighted by Crippen LogP contribution is 2.30. The van der Waals surface area contributed by atoms with Gasteiger partial charge in [0.25, 0.3) is 0 Å². The lowest BCUT2D eigenvalue weighted by molar-refractivity contribution is 0.187. The minimum atomic E-state index is -0.553. The predicted molar refractivity (Wildman–Crippen MR) is 89.5 cm³/mol. The van der Waals surface area contributed by atoms with E-state index in [1.54, 1.807) is 11.8 Å². The van der Waals surface area contributed by atoms with Gasteiger partial charge in [-0.2, -0.15) is 0 Å². The molecule has 0 aliphatic rings. The van der Waals surface area contributed by atoms with Crippen molar-refractivity contribution in [3.8, 4) is 0 Å². The number of halogens is 1. The van der Waals surface area contributed by atoms with Gasteiger partial charge < -0.3 is 4.74 Å². The number of nitrogens with zero attached hydrogens (tertiary/aromatic N) is 2. The second kappa shape index (κ2) is 6.41. The highest BCUT2D eigenvalue weighted by molar-refractivity contribution is 9.10. The topological polar surface area (TPSA) is 55.6 Å². The Balaban J connectivity index is 1.92. The smallest absolute Gasteiger partial charge is 0.412 e. The Morgan fingerprint density at radius 2 is 2.00 bits per heavy atom. The number of rotatable bonds is 3. The van der Waals surface area contributed by atoms with E-state index < -0.39 is 6.09 Å². The van der Waals surface area contributed by atoms with Gasteiger partial charge in [0.15, 0.2) is 5.82 Å². The van der Waals surface area contributed by atoms with E-state index in [9.17, 15) is 4.79 Å². The molecule has 2 aromatic heterocycles. The molecule has 0 bridgehead atoms. The SMILES string of the molecule is COC(=O)Nc1nc2ccc(Sc3ccccc3)cn2c1Br. The van der Waals surface area contributed by atoms with Crippen LogP contribution in [0.3, 0.4) is 0 Å². The van der Waals surface area contributed by atoms with E-state index in [0.717, 1.165) is 15.4 Å². The molecule has 0 aliphatic carbocycles. The number of ether oxygens (including phenoxy) is 1. The number of hydrogen-bond donors (Lipinski definition) is 1. The molecule has 0 radical (unpaired) electrons. The van der Waals surface area contributed by atoms with Gasteiger partial charge in [-0.05, 0) is 40.2 Å². The molecule has 0 saturated heterocycles. The van der Waals surface area contributed by atoms with Crippen molar-refractivity contribution in [1.82, 2.24) is 9.38 Å². The van der Waals surface area contributed by atoms with Crippen LogP contribution in [0.5, 0.6) is 0 Å². The van der Waals surface area contributed by atoms with Crippen LogP contribution in [-0.4, -0.2) is 22.6 Å². The van der Waals surface area contributed by atoms with Crippen LogP contribution in [-0.2, 0) is 4.74 Å². The van der Waals surface area contributed by atoms with Crippen molar-refractivity contribution in [1.29, 1.82) is 0 Å². The van der Waals surface area contributed by atoms with Gasteiger partial charge in [-0.3, -0.25) is 9.72 Å². The molecular weight excluding hydrogens is 366 g/mol. The maximum absolute atomic E-state index is 11.3. The second-order valence-corrected chi connectivity index (χ2v) is 6.27. The molecule has 112 valence electrons. The average Bonchev–Trinajstić information content (AvgIpc) is 2.84. The van der Waals surface area contributed by atoms with Crippen LogP contribution in [0.15, 0.2) is 63.1 Å². The van der Waals surface area contributed by atoms with E-state index in [4.69, 9.17) is 0 Å². The van der Waals surface area contributed by atoms with Crippen molar-refractivity contribution in [2.45, 2.75) is 9.79 Å². The number of amides is 1. The van der Waals surface area contributed by atoms with Crippen LogP contribution in [0.1, 0.15) is 0 Å². The second-order valence-electron chi connectivity index (χ2n) is 4.38. The van der Waals surface area contributed by atoms with Crippen molar-refractivity contribution in [3.05, 3.63) is 53.3 Å². The molecule has 3 rings (SSSR count). The average molecular weight is 378 g/mol. The summed E-state index contributed by atoms with van der Waals surface area (Å²) in [5, 5.41) is 2.57. The summed E-state index contributed by atoms with van der Waals surface area (Å²) in [4.78, 5) is 17.9. The summed E-state index contributed by atoms with van der Waals surface area (Å²) in [6, 6.07) is 14.0. The summed E-state index contributed by atoms with van der Waals surface area (Å²) in [7, 11) is 1.31. The normalized spacial score (nSPS) is 10.6. The number of nitrogens with one attached hydrogen (secondary N) is 1. The number of pyridine rings is 1. The number of carbonyl (C=O) groups excluding carboxylic acids is 1. The van der Waals surface area contributed by atoms with Crippen molar-refractivity contribution < 1.29 is 9.53 Å². The van der Waals surface area contributed by atoms with E-state index in [1.807, 2.05) is 40.9 Å². The Labute approximate surface area is 139 Å². The van der Waals surface area contributed by atoms with Crippen LogP contribution < -0.4 is 5.32 Å². The minimum absolute atomic E-state index is 0.425. The van der Waals surface area contributed by atoms with Crippen molar-refractivity contribution in [2.24, 2.45) is 0 Å². The zero-order chi connectivity index (χ0) is 15.5. The highest BCUT2D eigenvalue weighted by atomic mass is 79.9. The van der Waals surface area contributed by atoms with Crippen molar-refractivity contribution in [2.75, 3.05) is 12.4 Å². The Kier molecular flexibility index (Phi) is 4.35. The number of benzene rings is 1. The molecule has 1 N–H and O–H groups in total. The van der Waals surface area contributed by atoms with Gasteiger partial charge in [0.1, 0.15) is 10.3 Å².